The molecule has 8 heteroatoms. The first-order valence-electron chi connectivity index (χ1n) is 8.85. The first kappa shape index (κ1) is 19.8. The van der Waals surface area contributed by atoms with Crippen molar-refractivity contribution < 1.29 is 23.8 Å². The lowest BCUT2D eigenvalue weighted by Gasteiger charge is -2.19. The molecule has 2 aromatic rings. The van der Waals surface area contributed by atoms with E-state index in [1.54, 1.807) is 12.1 Å². The van der Waals surface area contributed by atoms with Gasteiger partial charge in [-0.3, -0.25) is 4.79 Å². The molecule has 0 fully saturated rings. The van der Waals surface area contributed by atoms with E-state index in [0.717, 1.165) is 12.0 Å². The number of carbonyl (C=O) groups excluding carboxylic acids is 2. The Kier molecular flexibility index (Phi) is 6.60. The number of benzene rings is 2. The molecule has 0 radical (unpaired) electrons. The molecule has 2 aromatic carbocycles. The van der Waals surface area contributed by atoms with E-state index in [1.807, 2.05) is 30.3 Å². The molecule has 0 bridgehead atoms. The Morgan fingerprint density at radius 2 is 1.82 bits per heavy atom. The molecule has 7 nitrogen and oxygen atoms in total. The third kappa shape index (κ3) is 5.07. The van der Waals surface area contributed by atoms with Gasteiger partial charge in [0.1, 0.15) is 6.04 Å². The monoisotopic (exact) mass is 404 g/mol. The molecule has 0 saturated heterocycles. The zero-order valence-corrected chi connectivity index (χ0v) is 16.1. The van der Waals surface area contributed by atoms with Crippen molar-refractivity contribution in [1.82, 2.24) is 5.32 Å². The lowest BCUT2D eigenvalue weighted by molar-refractivity contribution is -0.118. The van der Waals surface area contributed by atoms with Crippen LogP contribution in [0.15, 0.2) is 42.5 Å². The predicted octanol–water partition coefficient (Wildman–Crippen LogP) is 3.41. The first-order chi connectivity index (χ1) is 13.6. The van der Waals surface area contributed by atoms with Gasteiger partial charge in [0.15, 0.2) is 11.5 Å². The molecule has 0 aliphatic carbocycles. The lowest BCUT2D eigenvalue weighted by atomic mass is 10.1. The number of alkyl carbamates (subject to hydrolysis) is 1. The summed E-state index contributed by atoms with van der Waals surface area (Å²) in [5.41, 5.74) is 1.27. The summed E-state index contributed by atoms with van der Waals surface area (Å²) in [7, 11) is 1.24. The summed E-state index contributed by atoms with van der Waals surface area (Å²) in [6.45, 7) is 1.06. The molecule has 3 rings (SSSR count). The van der Waals surface area contributed by atoms with E-state index in [0.29, 0.717) is 41.8 Å². The lowest BCUT2D eigenvalue weighted by Crippen LogP contribution is -2.45. The van der Waals surface area contributed by atoms with Crippen LogP contribution in [0.2, 0.25) is 5.02 Å². The van der Waals surface area contributed by atoms with Gasteiger partial charge in [-0.1, -0.05) is 41.9 Å². The number of amides is 2. The van der Waals surface area contributed by atoms with Crippen molar-refractivity contribution in [2.75, 3.05) is 25.6 Å². The van der Waals surface area contributed by atoms with Crippen molar-refractivity contribution in [3.8, 4) is 11.5 Å². The molecule has 0 aromatic heterocycles. The third-order valence-corrected chi connectivity index (χ3v) is 4.48. The minimum atomic E-state index is -0.845. The van der Waals surface area contributed by atoms with Crippen LogP contribution in [-0.4, -0.2) is 38.4 Å². The van der Waals surface area contributed by atoms with Crippen LogP contribution >= 0.6 is 11.6 Å². The highest BCUT2D eigenvalue weighted by Crippen LogP contribution is 2.37. The van der Waals surface area contributed by atoms with Crippen LogP contribution in [0.4, 0.5) is 10.5 Å². The fraction of sp³-hybridized carbons (Fsp3) is 0.300. The Balaban J connectivity index is 1.79. The van der Waals surface area contributed by atoms with E-state index < -0.39 is 18.0 Å². The highest BCUT2D eigenvalue weighted by atomic mass is 35.5. The Morgan fingerprint density at radius 1 is 1.14 bits per heavy atom. The first-order valence-corrected chi connectivity index (χ1v) is 9.23. The highest BCUT2D eigenvalue weighted by molar-refractivity contribution is 6.34. The van der Waals surface area contributed by atoms with E-state index in [9.17, 15) is 9.59 Å². The molecule has 1 heterocycles. The maximum atomic E-state index is 12.8. The Bertz CT molecular complexity index is 844. The summed E-state index contributed by atoms with van der Waals surface area (Å²) in [6, 6.07) is 11.7. The van der Waals surface area contributed by atoms with Gasteiger partial charge in [0.2, 0.25) is 5.91 Å². The minimum Gasteiger partial charge on any atom is -0.490 e. The second-order valence-corrected chi connectivity index (χ2v) is 6.60. The van der Waals surface area contributed by atoms with Crippen LogP contribution in [0, 0.1) is 0 Å². The summed E-state index contributed by atoms with van der Waals surface area (Å²) in [6.07, 6.45) is 0.362. The van der Waals surface area contributed by atoms with Gasteiger partial charge in [-0.05, 0) is 5.56 Å². The van der Waals surface area contributed by atoms with Gasteiger partial charge in [-0.25, -0.2) is 4.79 Å². The number of carbonyl (C=O) groups is 2. The van der Waals surface area contributed by atoms with Gasteiger partial charge in [-0.15, -0.1) is 0 Å². The molecule has 1 atom stereocenters. The van der Waals surface area contributed by atoms with Crippen molar-refractivity contribution in [2.45, 2.75) is 18.9 Å². The largest absolute Gasteiger partial charge is 0.490 e. The second-order valence-electron chi connectivity index (χ2n) is 6.20. The van der Waals surface area contributed by atoms with Crippen molar-refractivity contribution in [3.05, 3.63) is 53.1 Å². The fourth-order valence-electron chi connectivity index (χ4n) is 2.76. The summed E-state index contributed by atoms with van der Waals surface area (Å²) >= 11 is 6.29. The second kappa shape index (κ2) is 9.32. The van der Waals surface area contributed by atoms with Gasteiger partial charge in [-0.2, -0.15) is 0 Å². The number of methoxy groups -OCH3 is 1. The maximum Gasteiger partial charge on any atom is 0.407 e. The van der Waals surface area contributed by atoms with Crippen LogP contribution in [0.5, 0.6) is 11.5 Å². The molecular weight excluding hydrogens is 384 g/mol. The maximum absolute atomic E-state index is 12.8. The number of rotatable bonds is 5. The van der Waals surface area contributed by atoms with Gasteiger partial charge >= 0.3 is 6.09 Å². The average molecular weight is 405 g/mol. The molecule has 0 spiro atoms. The molecule has 1 aliphatic rings. The zero-order valence-electron chi connectivity index (χ0n) is 15.4. The Labute approximate surface area is 167 Å². The predicted molar refractivity (Wildman–Crippen MR) is 105 cm³/mol. The quantitative estimate of drug-likeness (QED) is 0.797. The number of hydrogen-bond acceptors (Lipinski definition) is 5. The number of ether oxygens (including phenoxy) is 3. The van der Waals surface area contributed by atoms with E-state index in [2.05, 4.69) is 15.4 Å². The molecule has 2 N–H and O–H groups in total. The SMILES string of the molecule is COC(=O)NC(Cc1ccccc1)C(=O)Nc1cc2c(cc1Cl)OCCCO2. The number of hydrogen-bond donors (Lipinski definition) is 2. The van der Waals surface area contributed by atoms with Crippen LogP contribution in [0.3, 0.4) is 0 Å². The number of nitrogens with one attached hydrogen (secondary N) is 2. The van der Waals surface area contributed by atoms with E-state index in [4.69, 9.17) is 21.1 Å². The summed E-state index contributed by atoms with van der Waals surface area (Å²) < 4.78 is 15.9. The molecule has 148 valence electrons. The number of halogens is 1. The van der Waals surface area contributed by atoms with Gasteiger partial charge in [0.05, 0.1) is 31.0 Å². The third-order valence-electron chi connectivity index (χ3n) is 4.17. The molecule has 1 aliphatic heterocycles. The molecule has 1 unspecified atom stereocenters. The van der Waals surface area contributed by atoms with Crippen molar-refractivity contribution in [3.63, 3.8) is 0 Å². The van der Waals surface area contributed by atoms with Crippen LogP contribution in [0.25, 0.3) is 0 Å². The minimum absolute atomic E-state index is 0.296. The molecule has 0 saturated carbocycles. The number of fused-ring (bicyclic) bond motifs is 1. The standard InChI is InChI=1S/C20H21ClN2O5/c1-26-20(25)23-16(10-13-6-3-2-4-7-13)19(24)22-15-12-18-17(11-14(15)21)27-8-5-9-28-18/h2-4,6-7,11-12,16H,5,8-10H2,1H3,(H,22,24)(H,23,25). The Morgan fingerprint density at radius 3 is 2.50 bits per heavy atom. The molecule has 2 amide bonds. The normalized spacial score (nSPS) is 13.8. The highest BCUT2D eigenvalue weighted by Gasteiger charge is 2.23. The summed E-state index contributed by atoms with van der Waals surface area (Å²) in [4.78, 5) is 24.5. The van der Waals surface area contributed by atoms with Gasteiger partial charge in [0.25, 0.3) is 0 Å². The average Bonchev–Trinajstić information content (AvgIpc) is 2.93. The van der Waals surface area contributed by atoms with Crippen LogP contribution < -0.4 is 20.1 Å². The van der Waals surface area contributed by atoms with Crippen molar-refractivity contribution in [1.29, 1.82) is 0 Å². The van der Waals surface area contributed by atoms with Gasteiger partial charge in [0, 0.05) is 25.0 Å². The summed E-state index contributed by atoms with van der Waals surface area (Å²) in [5, 5.41) is 5.62. The topological polar surface area (TPSA) is 85.9 Å². The summed E-state index contributed by atoms with van der Waals surface area (Å²) in [5.74, 6) is 0.623. The number of anilines is 1. The van der Waals surface area contributed by atoms with E-state index in [-0.39, 0.29) is 0 Å². The van der Waals surface area contributed by atoms with Gasteiger partial charge < -0.3 is 24.8 Å². The molecule has 28 heavy (non-hydrogen) atoms. The zero-order chi connectivity index (χ0) is 19.9. The van der Waals surface area contributed by atoms with Crippen molar-refractivity contribution >= 4 is 29.3 Å². The van der Waals surface area contributed by atoms with E-state index in [1.165, 1.54) is 7.11 Å². The molecular formula is C20H21ClN2O5. The van der Waals surface area contributed by atoms with Crippen LogP contribution in [0.1, 0.15) is 12.0 Å². The van der Waals surface area contributed by atoms with Crippen molar-refractivity contribution in [2.24, 2.45) is 0 Å². The smallest absolute Gasteiger partial charge is 0.407 e. The fourth-order valence-corrected chi connectivity index (χ4v) is 2.96. The Hall–Kier alpha value is -2.93. The van der Waals surface area contributed by atoms with E-state index >= 15 is 0 Å². The van der Waals surface area contributed by atoms with Crippen LogP contribution in [-0.2, 0) is 16.0 Å².